The van der Waals surface area contributed by atoms with Gasteiger partial charge in [-0.3, -0.25) is 4.79 Å². The molecule has 0 unspecified atom stereocenters. The van der Waals surface area contributed by atoms with Crippen LogP contribution in [0.15, 0.2) is 35.4 Å². The highest BCUT2D eigenvalue weighted by Crippen LogP contribution is 2.30. The number of hydrogen-bond acceptors (Lipinski definition) is 2. The molecule has 5 nitrogen and oxygen atoms in total. The SMILES string of the molecule is C=C1CCN(C(C)(C)c2cccn(CCCCCC(C)C)c2=O)C(=O)N1C. The summed E-state index contributed by atoms with van der Waals surface area (Å²) in [6, 6.07) is 3.68. The number of carbonyl (C=O) groups is 1. The van der Waals surface area contributed by atoms with Gasteiger partial charge in [0.2, 0.25) is 0 Å². The lowest BCUT2D eigenvalue weighted by atomic mass is 9.92. The molecule has 0 N–H and O–H groups in total. The zero-order valence-electron chi connectivity index (χ0n) is 17.6. The second-order valence-electron chi connectivity index (χ2n) is 8.53. The van der Waals surface area contributed by atoms with E-state index in [0.29, 0.717) is 12.1 Å². The summed E-state index contributed by atoms with van der Waals surface area (Å²) < 4.78 is 1.80. The highest BCUT2D eigenvalue weighted by Gasteiger charge is 2.39. The van der Waals surface area contributed by atoms with Crippen LogP contribution in [0, 0.1) is 5.92 Å². The van der Waals surface area contributed by atoms with Gasteiger partial charge in [0.25, 0.3) is 5.56 Å². The van der Waals surface area contributed by atoms with E-state index >= 15 is 0 Å². The standard InChI is InChI=1S/C22H35N3O2/c1-17(2)11-8-7-9-14-24-15-10-12-19(20(24)26)22(4,5)25-16-13-18(3)23(6)21(25)27/h10,12,15,17H,3,7-9,11,13-14,16H2,1-2,4-6H3. The maximum Gasteiger partial charge on any atom is 0.324 e. The number of amides is 2. The van der Waals surface area contributed by atoms with Crippen LogP contribution in [0.4, 0.5) is 4.79 Å². The Kier molecular flexibility index (Phi) is 6.90. The van der Waals surface area contributed by atoms with Crippen molar-refractivity contribution in [2.45, 2.75) is 71.9 Å². The molecule has 0 aromatic carbocycles. The van der Waals surface area contributed by atoms with Crippen molar-refractivity contribution in [2.24, 2.45) is 5.92 Å². The highest BCUT2D eigenvalue weighted by atomic mass is 16.2. The van der Waals surface area contributed by atoms with E-state index in [1.807, 2.05) is 32.2 Å². The fraction of sp³-hybridized carbons (Fsp3) is 0.636. The molecule has 0 bridgehead atoms. The summed E-state index contributed by atoms with van der Waals surface area (Å²) in [4.78, 5) is 29.2. The first kappa shape index (κ1) is 21.3. The maximum absolute atomic E-state index is 13.1. The number of urea groups is 1. The first-order valence-corrected chi connectivity index (χ1v) is 10.1. The van der Waals surface area contributed by atoms with Crippen LogP contribution in [0.3, 0.4) is 0 Å². The molecular weight excluding hydrogens is 338 g/mol. The van der Waals surface area contributed by atoms with Crippen molar-refractivity contribution >= 4 is 6.03 Å². The predicted molar refractivity (Wildman–Crippen MR) is 111 cm³/mol. The van der Waals surface area contributed by atoms with Gasteiger partial charge < -0.3 is 14.4 Å². The third-order valence-corrected chi connectivity index (χ3v) is 5.65. The summed E-state index contributed by atoms with van der Waals surface area (Å²) in [7, 11) is 1.74. The van der Waals surface area contributed by atoms with Crippen molar-refractivity contribution in [3.8, 4) is 0 Å². The smallest absolute Gasteiger partial charge is 0.315 e. The van der Waals surface area contributed by atoms with Crippen molar-refractivity contribution in [2.75, 3.05) is 13.6 Å². The minimum absolute atomic E-state index is 0.00575. The minimum Gasteiger partial charge on any atom is -0.315 e. The Morgan fingerprint density at radius 1 is 1.19 bits per heavy atom. The maximum atomic E-state index is 13.1. The van der Waals surface area contributed by atoms with E-state index in [2.05, 4.69) is 20.4 Å². The Balaban J connectivity index is 2.14. The Hall–Kier alpha value is -2.04. The van der Waals surface area contributed by atoms with Crippen LogP contribution in [-0.4, -0.2) is 34.0 Å². The first-order chi connectivity index (χ1) is 12.7. The molecule has 1 aromatic heterocycles. The van der Waals surface area contributed by atoms with Crippen LogP contribution in [0.5, 0.6) is 0 Å². The van der Waals surface area contributed by atoms with E-state index < -0.39 is 5.54 Å². The van der Waals surface area contributed by atoms with Gasteiger partial charge >= 0.3 is 6.03 Å². The molecule has 0 spiro atoms. The van der Waals surface area contributed by atoms with E-state index in [-0.39, 0.29) is 11.6 Å². The minimum atomic E-state index is -0.663. The van der Waals surface area contributed by atoms with Crippen molar-refractivity contribution in [3.05, 3.63) is 46.5 Å². The number of hydrogen-bond donors (Lipinski definition) is 0. The van der Waals surface area contributed by atoms with Crippen LogP contribution in [-0.2, 0) is 12.1 Å². The average Bonchev–Trinajstić information content (AvgIpc) is 2.60. The van der Waals surface area contributed by atoms with Gasteiger partial charge in [0.05, 0.1) is 5.54 Å². The van der Waals surface area contributed by atoms with E-state index in [0.717, 1.165) is 37.4 Å². The zero-order chi connectivity index (χ0) is 20.2. The van der Waals surface area contributed by atoms with E-state index in [1.54, 1.807) is 21.4 Å². The topological polar surface area (TPSA) is 45.6 Å². The summed E-state index contributed by atoms with van der Waals surface area (Å²) in [5.74, 6) is 0.730. The molecule has 0 aliphatic carbocycles. The molecule has 0 radical (unpaired) electrons. The lowest BCUT2D eigenvalue weighted by molar-refractivity contribution is 0.0974. The molecule has 2 heterocycles. The molecule has 2 amide bonds. The van der Waals surface area contributed by atoms with Gasteiger partial charge in [-0.15, -0.1) is 0 Å². The molecule has 2 rings (SSSR count). The largest absolute Gasteiger partial charge is 0.324 e. The highest BCUT2D eigenvalue weighted by molar-refractivity contribution is 5.78. The fourth-order valence-electron chi connectivity index (χ4n) is 3.67. The van der Waals surface area contributed by atoms with Crippen LogP contribution in [0.2, 0.25) is 0 Å². The summed E-state index contributed by atoms with van der Waals surface area (Å²) in [6.45, 7) is 13.6. The number of pyridine rings is 1. The third kappa shape index (κ3) is 4.82. The second kappa shape index (κ2) is 8.77. The number of aromatic nitrogens is 1. The predicted octanol–water partition coefficient (Wildman–Crippen LogP) is 4.57. The van der Waals surface area contributed by atoms with Gasteiger partial charge in [-0.05, 0) is 38.3 Å². The average molecular weight is 374 g/mol. The number of carbonyl (C=O) groups excluding carboxylic acids is 1. The molecule has 0 atom stereocenters. The molecule has 5 heteroatoms. The van der Waals surface area contributed by atoms with Crippen molar-refractivity contribution in [1.82, 2.24) is 14.4 Å². The normalized spacial score (nSPS) is 15.8. The van der Waals surface area contributed by atoms with Crippen LogP contribution in [0.25, 0.3) is 0 Å². The fourth-order valence-corrected chi connectivity index (χ4v) is 3.67. The van der Waals surface area contributed by atoms with Crippen molar-refractivity contribution in [3.63, 3.8) is 0 Å². The third-order valence-electron chi connectivity index (χ3n) is 5.65. The molecule has 1 fully saturated rings. The van der Waals surface area contributed by atoms with E-state index in [4.69, 9.17) is 0 Å². The summed E-state index contributed by atoms with van der Waals surface area (Å²) in [5, 5.41) is 0. The van der Waals surface area contributed by atoms with E-state index in [9.17, 15) is 9.59 Å². The Labute approximate surface area is 163 Å². The zero-order valence-corrected chi connectivity index (χ0v) is 17.6. The molecule has 150 valence electrons. The van der Waals surface area contributed by atoms with Crippen molar-refractivity contribution < 1.29 is 4.79 Å². The van der Waals surface area contributed by atoms with Gasteiger partial charge in [0.15, 0.2) is 0 Å². The van der Waals surface area contributed by atoms with Gasteiger partial charge in [-0.25, -0.2) is 4.79 Å². The van der Waals surface area contributed by atoms with E-state index in [1.165, 1.54) is 12.8 Å². The summed E-state index contributed by atoms with van der Waals surface area (Å²) in [5.41, 5.74) is 0.829. The lowest BCUT2D eigenvalue weighted by Crippen LogP contribution is -2.55. The van der Waals surface area contributed by atoms with Crippen LogP contribution >= 0.6 is 0 Å². The second-order valence-corrected chi connectivity index (χ2v) is 8.53. The number of rotatable bonds is 8. The monoisotopic (exact) mass is 373 g/mol. The summed E-state index contributed by atoms with van der Waals surface area (Å²) in [6.07, 6.45) is 7.16. The molecule has 0 saturated carbocycles. The van der Waals surface area contributed by atoms with Crippen LogP contribution in [0.1, 0.15) is 65.4 Å². The Morgan fingerprint density at radius 2 is 1.89 bits per heavy atom. The number of nitrogens with zero attached hydrogens (tertiary/aromatic N) is 3. The first-order valence-electron chi connectivity index (χ1n) is 10.1. The van der Waals surface area contributed by atoms with Gasteiger partial charge in [-0.1, -0.05) is 39.7 Å². The molecule has 1 saturated heterocycles. The van der Waals surface area contributed by atoms with Crippen molar-refractivity contribution in [1.29, 1.82) is 0 Å². The molecule has 1 aromatic rings. The molecule has 27 heavy (non-hydrogen) atoms. The molecule has 1 aliphatic heterocycles. The Bertz CT molecular complexity index is 733. The van der Waals surface area contributed by atoms with Crippen LogP contribution < -0.4 is 5.56 Å². The van der Waals surface area contributed by atoms with Gasteiger partial charge in [0.1, 0.15) is 0 Å². The van der Waals surface area contributed by atoms with Gasteiger partial charge in [0, 0.05) is 44.0 Å². The number of unbranched alkanes of at least 4 members (excludes halogenated alkanes) is 2. The van der Waals surface area contributed by atoms with Gasteiger partial charge in [-0.2, -0.15) is 0 Å². The number of aryl methyl sites for hydroxylation is 1. The quantitative estimate of drug-likeness (QED) is 0.627. The molecular formula is C22H35N3O2. The Morgan fingerprint density at radius 3 is 2.56 bits per heavy atom. The lowest BCUT2D eigenvalue weighted by Gasteiger charge is -2.44. The summed E-state index contributed by atoms with van der Waals surface area (Å²) >= 11 is 0. The molecule has 1 aliphatic rings.